The molecule has 0 saturated carbocycles. The number of hydrogen-bond acceptors (Lipinski definition) is 3. The van der Waals surface area contributed by atoms with Crippen molar-refractivity contribution < 1.29 is 15.0 Å². The summed E-state index contributed by atoms with van der Waals surface area (Å²) in [7, 11) is 0. The lowest BCUT2D eigenvalue weighted by atomic mass is 10.1. The Morgan fingerprint density at radius 3 is 1.27 bits per heavy atom. The highest BCUT2D eigenvalue weighted by Gasteiger charge is 1.98. The number of aromatic hydroxyl groups is 2. The predicted molar refractivity (Wildman–Crippen MR) is 122 cm³/mol. The van der Waals surface area contributed by atoms with Crippen molar-refractivity contribution in [1.82, 2.24) is 0 Å². The summed E-state index contributed by atoms with van der Waals surface area (Å²) >= 11 is 0. The van der Waals surface area contributed by atoms with Crippen LogP contribution in [-0.4, -0.2) is 16.0 Å². The molecule has 0 amide bonds. The highest BCUT2D eigenvalue weighted by Crippen LogP contribution is 2.05. The van der Waals surface area contributed by atoms with Crippen molar-refractivity contribution in [2.45, 2.75) is 0 Å². The summed E-state index contributed by atoms with van der Waals surface area (Å²) in [6, 6.07) is 36.5. The van der Waals surface area contributed by atoms with Crippen LogP contribution in [-0.2, 0) is 0 Å². The van der Waals surface area contributed by atoms with Crippen LogP contribution in [0.15, 0.2) is 127 Å². The molecule has 150 valence electrons. The molecule has 0 aliphatic heterocycles. The molecular formula is C27H24O3. The van der Waals surface area contributed by atoms with Gasteiger partial charge in [0.2, 0.25) is 0 Å². The third kappa shape index (κ3) is 9.20. The van der Waals surface area contributed by atoms with E-state index in [0.717, 1.165) is 11.1 Å². The van der Waals surface area contributed by atoms with E-state index in [1.807, 2.05) is 78.9 Å². The van der Waals surface area contributed by atoms with Gasteiger partial charge in [0.25, 0.3) is 0 Å². The molecule has 0 heterocycles. The maximum atomic E-state index is 11.7. The van der Waals surface area contributed by atoms with Crippen LogP contribution in [0.3, 0.4) is 0 Å². The second kappa shape index (κ2) is 13.1. The fourth-order valence-electron chi connectivity index (χ4n) is 2.29. The molecule has 0 aliphatic rings. The van der Waals surface area contributed by atoms with Gasteiger partial charge in [0, 0.05) is 5.56 Å². The van der Waals surface area contributed by atoms with Gasteiger partial charge in [-0.25, -0.2) is 0 Å². The van der Waals surface area contributed by atoms with Crippen molar-refractivity contribution >= 4 is 11.9 Å². The maximum absolute atomic E-state index is 11.7. The van der Waals surface area contributed by atoms with Crippen LogP contribution in [0.1, 0.15) is 15.9 Å². The van der Waals surface area contributed by atoms with Crippen molar-refractivity contribution in [2.24, 2.45) is 0 Å². The number of para-hydroxylation sites is 2. The summed E-state index contributed by atoms with van der Waals surface area (Å²) in [5, 5.41) is 17.3. The molecule has 4 aromatic rings. The minimum Gasteiger partial charge on any atom is -0.508 e. The van der Waals surface area contributed by atoms with Gasteiger partial charge in [0.1, 0.15) is 11.5 Å². The van der Waals surface area contributed by atoms with Gasteiger partial charge >= 0.3 is 0 Å². The fraction of sp³-hybridized carbons (Fsp3) is 0. The van der Waals surface area contributed by atoms with E-state index < -0.39 is 0 Å². The summed E-state index contributed by atoms with van der Waals surface area (Å²) in [6.07, 6.45) is 3.43. The van der Waals surface area contributed by atoms with Gasteiger partial charge in [0.05, 0.1) is 0 Å². The molecule has 4 rings (SSSR count). The molecule has 30 heavy (non-hydrogen) atoms. The first-order chi connectivity index (χ1) is 14.6. The molecule has 4 aromatic carbocycles. The molecule has 0 unspecified atom stereocenters. The molecule has 0 spiro atoms. The first-order valence-corrected chi connectivity index (χ1v) is 9.45. The molecule has 0 aromatic heterocycles. The molecule has 3 nitrogen and oxygen atoms in total. The number of allylic oxidation sites excluding steroid dienone is 1. The molecule has 0 bridgehead atoms. The van der Waals surface area contributed by atoms with E-state index in [4.69, 9.17) is 10.2 Å². The largest absolute Gasteiger partial charge is 0.508 e. The summed E-state index contributed by atoms with van der Waals surface area (Å²) < 4.78 is 0. The predicted octanol–water partition coefficient (Wildman–Crippen LogP) is 6.37. The van der Waals surface area contributed by atoms with E-state index in [1.54, 1.807) is 54.6 Å². The van der Waals surface area contributed by atoms with E-state index in [1.165, 1.54) is 0 Å². The van der Waals surface area contributed by atoms with Crippen LogP contribution in [0, 0.1) is 0 Å². The Hall–Kier alpha value is -4.11. The minimum absolute atomic E-state index is 0.0319. The van der Waals surface area contributed by atoms with Crippen molar-refractivity contribution in [3.63, 3.8) is 0 Å². The van der Waals surface area contributed by atoms with Crippen LogP contribution in [0.25, 0.3) is 6.08 Å². The van der Waals surface area contributed by atoms with Crippen molar-refractivity contribution in [3.05, 3.63) is 139 Å². The second-order valence-electron chi connectivity index (χ2n) is 6.15. The first-order valence-electron chi connectivity index (χ1n) is 9.45. The molecular weight excluding hydrogens is 372 g/mol. The van der Waals surface area contributed by atoms with Gasteiger partial charge < -0.3 is 10.2 Å². The Labute approximate surface area is 177 Å². The Bertz CT molecular complexity index is 959. The highest BCUT2D eigenvalue weighted by atomic mass is 16.3. The topological polar surface area (TPSA) is 57.5 Å². The van der Waals surface area contributed by atoms with E-state index in [0.29, 0.717) is 11.5 Å². The van der Waals surface area contributed by atoms with Crippen LogP contribution in [0.2, 0.25) is 0 Å². The van der Waals surface area contributed by atoms with Crippen molar-refractivity contribution in [3.8, 4) is 11.5 Å². The zero-order chi connectivity index (χ0) is 21.4. The Kier molecular flexibility index (Phi) is 9.71. The van der Waals surface area contributed by atoms with Crippen LogP contribution < -0.4 is 0 Å². The van der Waals surface area contributed by atoms with Gasteiger partial charge in [-0.15, -0.1) is 0 Å². The molecule has 0 aliphatic carbocycles. The summed E-state index contributed by atoms with van der Waals surface area (Å²) in [6.45, 7) is 0. The van der Waals surface area contributed by atoms with Gasteiger partial charge in [-0.05, 0) is 35.9 Å². The average Bonchev–Trinajstić information content (AvgIpc) is 2.81. The van der Waals surface area contributed by atoms with Gasteiger partial charge in [-0.2, -0.15) is 0 Å². The van der Waals surface area contributed by atoms with Gasteiger partial charge in [0.15, 0.2) is 5.78 Å². The summed E-state index contributed by atoms with van der Waals surface area (Å²) in [4.78, 5) is 11.7. The van der Waals surface area contributed by atoms with E-state index in [9.17, 15) is 4.79 Å². The quantitative estimate of drug-likeness (QED) is 0.313. The number of carbonyl (C=O) groups excluding carboxylic acids is 1. The maximum Gasteiger partial charge on any atom is 0.185 e. The van der Waals surface area contributed by atoms with Gasteiger partial charge in [-0.3, -0.25) is 4.79 Å². The zero-order valence-electron chi connectivity index (χ0n) is 16.5. The van der Waals surface area contributed by atoms with E-state index in [-0.39, 0.29) is 5.78 Å². The normalized spacial score (nSPS) is 9.60. The van der Waals surface area contributed by atoms with Gasteiger partial charge in [-0.1, -0.05) is 103 Å². The van der Waals surface area contributed by atoms with Crippen LogP contribution in [0.5, 0.6) is 11.5 Å². The third-order valence-corrected chi connectivity index (χ3v) is 3.80. The number of phenols is 2. The van der Waals surface area contributed by atoms with Crippen molar-refractivity contribution in [2.75, 3.05) is 0 Å². The first kappa shape index (κ1) is 22.2. The monoisotopic (exact) mass is 396 g/mol. The number of carbonyl (C=O) groups is 1. The molecule has 2 N–H and O–H groups in total. The Morgan fingerprint density at radius 2 is 0.900 bits per heavy atom. The second-order valence-corrected chi connectivity index (χ2v) is 6.15. The van der Waals surface area contributed by atoms with Crippen LogP contribution in [0.4, 0.5) is 0 Å². The number of benzene rings is 4. The lowest BCUT2D eigenvalue weighted by Gasteiger charge is -1.94. The smallest absolute Gasteiger partial charge is 0.185 e. The SMILES string of the molecule is O=C(C=Cc1ccccc1)c1ccccc1.Oc1ccccc1.Oc1ccccc1. The lowest BCUT2D eigenvalue weighted by molar-refractivity contribution is 0.104. The standard InChI is InChI=1S/C15H12O.2C6H6O/c16-15(14-9-5-2-6-10-14)12-11-13-7-3-1-4-8-13;2*7-6-4-2-1-3-5-6/h1-12H;2*1-5,7H. The molecule has 0 fully saturated rings. The molecule has 0 atom stereocenters. The summed E-state index contributed by atoms with van der Waals surface area (Å²) in [5.41, 5.74) is 1.75. The number of hydrogen-bond donors (Lipinski definition) is 2. The van der Waals surface area contributed by atoms with Crippen molar-refractivity contribution in [1.29, 1.82) is 0 Å². The van der Waals surface area contributed by atoms with E-state index >= 15 is 0 Å². The zero-order valence-corrected chi connectivity index (χ0v) is 16.5. The van der Waals surface area contributed by atoms with E-state index in [2.05, 4.69) is 0 Å². The molecule has 3 heteroatoms. The summed E-state index contributed by atoms with van der Waals surface area (Å²) in [5.74, 6) is 0.675. The molecule has 0 radical (unpaired) electrons. The number of phenolic OH excluding ortho intramolecular Hbond substituents is 2. The average molecular weight is 396 g/mol. The third-order valence-electron chi connectivity index (χ3n) is 3.80. The number of ketones is 1. The minimum atomic E-state index is 0.0319. The van der Waals surface area contributed by atoms with Crippen LogP contribution >= 0.6 is 0 Å². The Morgan fingerprint density at radius 1 is 0.533 bits per heavy atom. The Balaban J connectivity index is 0.000000188. The molecule has 0 saturated heterocycles. The number of rotatable bonds is 3. The lowest BCUT2D eigenvalue weighted by Crippen LogP contribution is -1.92. The highest BCUT2D eigenvalue weighted by molar-refractivity contribution is 6.06. The fourth-order valence-corrected chi connectivity index (χ4v) is 2.29.